The molecule has 0 unspecified atom stereocenters. The van der Waals surface area contributed by atoms with Crippen molar-refractivity contribution < 1.29 is 14.3 Å². The highest BCUT2D eigenvalue weighted by atomic mass is 16.5. The van der Waals surface area contributed by atoms with E-state index in [1.165, 1.54) is 17.4 Å². The van der Waals surface area contributed by atoms with Gasteiger partial charge in [0.15, 0.2) is 5.82 Å². The molecule has 2 aromatic carbocycles. The third-order valence-electron chi connectivity index (χ3n) is 5.57. The maximum Gasteiger partial charge on any atom is 0.346 e. The number of methoxy groups -OCH3 is 1. The van der Waals surface area contributed by atoms with Gasteiger partial charge in [-0.1, -0.05) is 48.9 Å². The van der Waals surface area contributed by atoms with Gasteiger partial charge in [0, 0.05) is 6.54 Å². The molecule has 3 rings (SSSR count). The molecule has 7 heteroatoms. The Balaban J connectivity index is 1.70. The van der Waals surface area contributed by atoms with Crippen molar-refractivity contribution in [3.63, 3.8) is 0 Å². The number of hydrogen-bond acceptors (Lipinski definition) is 5. The summed E-state index contributed by atoms with van der Waals surface area (Å²) in [4.78, 5) is 24.8. The van der Waals surface area contributed by atoms with Crippen molar-refractivity contribution in [1.29, 1.82) is 0 Å². The number of carbonyl (C=O) groups is 1. The van der Waals surface area contributed by atoms with Gasteiger partial charge in [-0.15, -0.1) is 0 Å². The average Bonchev–Trinajstić information content (AvgIpc) is 3.08. The third kappa shape index (κ3) is 6.12. The Kier molecular flexibility index (Phi) is 7.74. The quantitative estimate of drug-likeness (QED) is 0.433. The van der Waals surface area contributed by atoms with E-state index in [1.807, 2.05) is 76.2 Å². The smallest absolute Gasteiger partial charge is 0.346 e. The van der Waals surface area contributed by atoms with E-state index in [9.17, 15) is 9.59 Å². The molecule has 0 amide bonds. The molecule has 0 saturated heterocycles. The number of carbonyl (C=O) groups excluding carboxylic acids is 1. The van der Waals surface area contributed by atoms with Crippen LogP contribution in [0.2, 0.25) is 0 Å². The second kappa shape index (κ2) is 10.5. The van der Waals surface area contributed by atoms with Crippen LogP contribution >= 0.6 is 0 Å². The molecule has 0 aliphatic rings. The lowest BCUT2D eigenvalue weighted by molar-refractivity contribution is -0.150. The van der Waals surface area contributed by atoms with Gasteiger partial charge in [0.25, 0.3) is 0 Å². The van der Waals surface area contributed by atoms with Crippen molar-refractivity contribution >= 4 is 5.97 Å². The Bertz CT molecular complexity index is 1130. The SMILES string of the molecule is CCCn1c(COc2ccc(CC(C)(C)C(=O)OC)cc2)nn(Cc2ccc(C)cc2)c1=O. The van der Waals surface area contributed by atoms with Crippen LogP contribution in [-0.4, -0.2) is 27.4 Å². The molecule has 0 aliphatic carbocycles. The number of ether oxygens (including phenoxy) is 2. The van der Waals surface area contributed by atoms with Crippen LogP contribution in [0.4, 0.5) is 0 Å². The lowest BCUT2D eigenvalue weighted by Gasteiger charge is -2.21. The first-order valence-electron chi connectivity index (χ1n) is 11.3. The Morgan fingerprint density at radius 3 is 2.27 bits per heavy atom. The summed E-state index contributed by atoms with van der Waals surface area (Å²) in [5, 5.41) is 4.55. The fraction of sp³-hybridized carbons (Fsp3) is 0.423. The number of benzene rings is 2. The van der Waals surface area contributed by atoms with Gasteiger partial charge in [0.05, 0.1) is 19.1 Å². The van der Waals surface area contributed by atoms with Crippen LogP contribution < -0.4 is 10.4 Å². The number of esters is 1. The number of aromatic nitrogens is 3. The van der Waals surface area contributed by atoms with Crippen LogP contribution in [0, 0.1) is 12.3 Å². The van der Waals surface area contributed by atoms with E-state index in [-0.39, 0.29) is 18.3 Å². The normalized spacial score (nSPS) is 11.4. The number of rotatable bonds is 10. The average molecular weight is 452 g/mol. The van der Waals surface area contributed by atoms with Gasteiger partial charge in [-0.3, -0.25) is 9.36 Å². The van der Waals surface area contributed by atoms with Crippen molar-refractivity contribution in [2.24, 2.45) is 5.41 Å². The highest BCUT2D eigenvalue weighted by molar-refractivity contribution is 5.76. The molecule has 1 aromatic heterocycles. The highest BCUT2D eigenvalue weighted by Crippen LogP contribution is 2.25. The van der Waals surface area contributed by atoms with Gasteiger partial charge in [0.2, 0.25) is 0 Å². The van der Waals surface area contributed by atoms with E-state index < -0.39 is 5.41 Å². The minimum absolute atomic E-state index is 0.128. The summed E-state index contributed by atoms with van der Waals surface area (Å²) in [5.74, 6) is 1.04. The molecule has 0 bridgehead atoms. The Hall–Kier alpha value is -3.35. The van der Waals surface area contributed by atoms with Crippen molar-refractivity contribution in [2.45, 2.75) is 60.2 Å². The Morgan fingerprint density at radius 1 is 1.03 bits per heavy atom. The van der Waals surface area contributed by atoms with Crippen molar-refractivity contribution in [3.8, 4) is 5.75 Å². The zero-order chi connectivity index (χ0) is 24.0. The van der Waals surface area contributed by atoms with Crippen molar-refractivity contribution in [2.75, 3.05) is 7.11 Å². The number of hydrogen-bond donors (Lipinski definition) is 0. The first-order valence-corrected chi connectivity index (χ1v) is 11.3. The van der Waals surface area contributed by atoms with E-state index in [2.05, 4.69) is 5.10 Å². The maximum absolute atomic E-state index is 12.9. The van der Waals surface area contributed by atoms with Gasteiger partial charge >= 0.3 is 11.7 Å². The minimum Gasteiger partial charge on any atom is -0.486 e. The van der Waals surface area contributed by atoms with Gasteiger partial charge < -0.3 is 9.47 Å². The molecule has 0 aliphatic heterocycles. The fourth-order valence-corrected chi connectivity index (χ4v) is 3.72. The molecular formula is C26H33N3O4. The summed E-state index contributed by atoms with van der Waals surface area (Å²) in [5.41, 5.74) is 2.50. The summed E-state index contributed by atoms with van der Waals surface area (Å²) in [6.07, 6.45) is 1.40. The molecule has 0 spiro atoms. The molecular weight excluding hydrogens is 418 g/mol. The van der Waals surface area contributed by atoms with Gasteiger partial charge in [-0.05, 0) is 56.9 Å². The zero-order valence-electron chi connectivity index (χ0n) is 20.1. The van der Waals surface area contributed by atoms with Gasteiger partial charge in [0.1, 0.15) is 12.4 Å². The lowest BCUT2D eigenvalue weighted by atomic mass is 9.86. The maximum atomic E-state index is 12.9. The lowest BCUT2D eigenvalue weighted by Crippen LogP contribution is -2.27. The molecule has 0 atom stereocenters. The first-order chi connectivity index (χ1) is 15.7. The molecule has 1 heterocycles. The second-order valence-corrected chi connectivity index (χ2v) is 8.98. The van der Waals surface area contributed by atoms with E-state index in [0.717, 1.165) is 17.5 Å². The number of nitrogens with zero attached hydrogens (tertiary/aromatic N) is 3. The molecule has 0 fully saturated rings. The van der Waals surface area contributed by atoms with Gasteiger partial charge in [-0.2, -0.15) is 5.10 Å². The summed E-state index contributed by atoms with van der Waals surface area (Å²) in [6, 6.07) is 15.7. The fourth-order valence-electron chi connectivity index (χ4n) is 3.72. The van der Waals surface area contributed by atoms with Gasteiger partial charge in [-0.25, -0.2) is 9.48 Å². The Morgan fingerprint density at radius 2 is 1.67 bits per heavy atom. The standard InChI is InChI=1S/C26H33N3O4/c1-6-15-28-23(27-29(25(28)31)17-21-9-7-19(2)8-10-21)18-33-22-13-11-20(12-14-22)16-26(3,4)24(30)32-5/h7-14H,6,15-18H2,1-5H3. The van der Waals surface area contributed by atoms with Crippen molar-refractivity contribution in [3.05, 3.63) is 81.5 Å². The highest BCUT2D eigenvalue weighted by Gasteiger charge is 2.28. The summed E-state index contributed by atoms with van der Waals surface area (Å²) in [7, 11) is 1.40. The van der Waals surface area contributed by atoms with Crippen LogP contribution in [0.3, 0.4) is 0 Å². The zero-order valence-corrected chi connectivity index (χ0v) is 20.1. The van der Waals surface area contributed by atoms with Crippen molar-refractivity contribution in [1.82, 2.24) is 14.3 Å². The summed E-state index contributed by atoms with van der Waals surface area (Å²) >= 11 is 0. The molecule has 7 nitrogen and oxygen atoms in total. The van der Waals surface area contributed by atoms with E-state index in [4.69, 9.17) is 9.47 Å². The predicted octanol–water partition coefficient (Wildman–Crippen LogP) is 4.13. The molecule has 0 saturated carbocycles. The largest absolute Gasteiger partial charge is 0.486 e. The van der Waals surface area contributed by atoms with Crippen LogP contribution in [0.1, 0.15) is 49.7 Å². The molecule has 176 valence electrons. The monoisotopic (exact) mass is 451 g/mol. The van der Waals surface area contributed by atoms with Crippen LogP contribution in [0.15, 0.2) is 53.3 Å². The molecule has 0 N–H and O–H groups in total. The predicted molar refractivity (Wildman–Crippen MR) is 127 cm³/mol. The first kappa shape index (κ1) is 24.3. The third-order valence-corrected chi connectivity index (χ3v) is 5.57. The number of aryl methyl sites for hydroxylation is 1. The van der Waals surface area contributed by atoms with Crippen LogP contribution in [-0.2, 0) is 35.6 Å². The van der Waals surface area contributed by atoms with Crippen LogP contribution in [0.25, 0.3) is 0 Å². The summed E-state index contributed by atoms with van der Waals surface area (Å²) < 4.78 is 14.0. The van der Waals surface area contributed by atoms with Crippen LogP contribution in [0.5, 0.6) is 5.75 Å². The van der Waals surface area contributed by atoms with E-state index >= 15 is 0 Å². The molecule has 33 heavy (non-hydrogen) atoms. The molecule has 3 aromatic rings. The minimum atomic E-state index is -0.600. The second-order valence-electron chi connectivity index (χ2n) is 8.98. The van der Waals surface area contributed by atoms with E-state index in [1.54, 1.807) is 4.57 Å². The van der Waals surface area contributed by atoms with E-state index in [0.29, 0.717) is 31.1 Å². The summed E-state index contributed by atoms with van der Waals surface area (Å²) in [6.45, 7) is 9.01. The molecule has 0 radical (unpaired) electrons. The topological polar surface area (TPSA) is 75.3 Å². The Labute approximate surface area is 195 Å².